The van der Waals surface area contributed by atoms with Crippen molar-refractivity contribution in [1.82, 2.24) is 10.2 Å². The normalized spacial score (nSPS) is 9.50. The van der Waals surface area contributed by atoms with Crippen LogP contribution in [-0.4, -0.2) is 23.3 Å². The number of hydrogen-bond donors (Lipinski definition) is 1. The summed E-state index contributed by atoms with van der Waals surface area (Å²) in [4.78, 5) is 0. The van der Waals surface area contributed by atoms with Crippen LogP contribution in [0.1, 0.15) is 5.56 Å². The molecule has 0 aliphatic rings. The van der Waals surface area contributed by atoms with Crippen molar-refractivity contribution in [3.8, 4) is 11.8 Å². The monoisotopic (exact) mass is 240 g/mol. The molecule has 0 spiro atoms. The molecule has 0 unspecified atom stereocenters. The van der Waals surface area contributed by atoms with Crippen molar-refractivity contribution in [2.24, 2.45) is 0 Å². The van der Waals surface area contributed by atoms with Crippen molar-refractivity contribution >= 4 is 5.82 Å². The highest BCUT2D eigenvalue weighted by Crippen LogP contribution is 2.09. The summed E-state index contributed by atoms with van der Waals surface area (Å²) in [6.45, 7) is 1.05. The number of hydrogen-bond acceptors (Lipinski definition) is 5. The molecule has 1 aromatic heterocycles. The topological polar surface area (TPSA) is 70.8 Å². The van der Waals surface area contributed by atoms with Crippen molar-refractivity contribution < 1.29 is 4.74 Å². The van der Waals surface area contributed by atoms with E-state index < -0.39 is 0 Å². The van der Waals surface area contributed by atoms with E-state index in [9.17, 15) is 0 Å². The van der Waals surface area contributed by atoms with Gasteiger partial charge in [-0.2, -0.15) is 10.4 Å². The SMILES string of the molecule is N#Cc1ccnnc1NCCOc1ccccc1. The van der Waals surface area contributed by atoms with Gasteiger partial charge in [-0.1, -0.05) is 18.2 Å². The van der Waals surface area contributed by atoms with Gasteiger partial charge in [0, 0.05) is 0 Å². The smallest absolute Gasteiger partial charge is 0.166 e. The molecule has 0 amide bonds. The number of benzene rings is 1. The van der Waals surface area contributed by atoms with E-state index in [-0.39, 0.29) is 0 Å². The Morgan fingerprint density at radius 3 is 2.83 bits per heavy atom. The van der Waals surface area contributed by atoms with E-state index in [4.69, 9.17) is 10.00 Å². The second-order valence-corrected chi connectivity index (χ2v) is 3.49. The van der Waals surface area contributed by atoms with Gasteiger partial charge in [-0.15, -0.1) is 5.10 Å². The number of rotatable bonds is 5. The summed E-state index contributed by atoms with van der Waals surface area (Å²) >= 11 is 0. The zero-order valence-corrected chi connectivity index (χ0v) is 9.71. The van der Waals surface area contributed by atoms with Crippen LogP contribution in [0.25, 0.3) is 0 Å². The van der Waals surface area contributed by atoms with Crippen molar-refractivity contribution in [2.75, 3.05) is 18.5 Å². The number of nitriles is 1. The van der Waals surface area contributed by atoms with Gasteiger partial charge in [0.15, 0.2) is 5.82 Å². The van der Waals surface area contributed by atoms with Crippen molar-refractivity contribution in [2.45, 2.75) is 0 Å². The molecule has 5 heteroatoms. The molecule has 90 valence electrons. The van der Waals surface area contributed by atoms with Crippen LogP contribution in [0.15, 0.2) is 42.6 Å². The molecule has 1 N–H and O–H groups in total. The van der Waals surface area contributed by atoms with Gasteiger partial charge in [-0.05, 0) is 18.2 Å². The number of para-hydroxylation sites is 1. The quantitative estimate of drug-likeness (QED) is 0.807. The molecule has 0 saturated carbocycles. The van der Waals surface area contributed by atoms with Crippen LogP contribution in [0, 0.1) is 11.3 Å². The Morgan fingerprint density at radius 1 is 1.22 bits per heavy atom. The first kappa shape index (κ1) is 11.9. The lowest BCUT2D eigenvalue weighted by Crippen LogP contribution is -2.13. The highest BCUT2D eigenvalue weighted by molar-refractivity contribution is 5.49. The first-order valence-electron chi connectivity index (χ1n) is 5.53. The van der Waals surface area contributed by atoms with Crippen LogP contribution < -0.4 is 10.1 Å². The molecule has 0 aliphatic carbocycles. The average Bonchev–Trinajstić information content (AvgIpc) is 2.45. The van der Waals surface area contributed by atoms with Gasteiger partial charge >= 0.3 is 0 Å². The van der Waals surface area contributed by atoms with Crippen molar-refractivity contribution in [3.05, 3.63) is 48.2 Å². The molecule has 0 aliphatic heterocycles. The van der Waals surface area contributed by atoms with E-state index in [1.54, 1.807) is 6.07 Å². The molecule has 1 heterocycles. The minimum Gasteiger partial charge on any atom is -0.492 e. The second-order valence-electron chi connectivity index (χ2n) is 3.49. The lowest BCUT2D eigenvalue weighted by atomic mass is 10.3. The maximum absolute atomic E-state index is 8.86. The summed E-state index contributed by atoms with van der Waals surface area (Å²) in [5, 5.41) is 19.5. The summed E-state index contributed by atoms with van der Waals surface area (Å²) in [6.07, 6.45) is 1.49. The molecule has 0 saturated heterocycles. The third-order valence-corrected chi connectivity index (χ3v) is 2.25. The van der Waals surface area contributed by atoms with Crippen LogP contribution in [0.4, 0.5) is 5.82 Å². The molecule has 2 rings (SSSR count). The number of nitrogens with zero attached hydrogens (tertiary/aromatic N) is 3. The molecule has 0 radical (unpaired) electrons. The lowest BCUT2D eigenvalue weighted by Gasteiger charge is -2.08. The standard InChI is InChI=1S/C13H12N4O/c14-10-11-6-7-16-17-13(11)15-8-9-18-12-4-2-1-3-5-12/h1-7H,8-9H2,(H,15,17). The fraction of sp³-hybridized carbons (Fsp3) is 0.154. The van der Waals surface area contributed by atoms with E-state index in [1.807, 2.05) is 36.4 Å². The van der Waals surface area contributed by atoms with Crippen molar-refractivity contribution in [1.29, 1.82) is 5.26 Å². The summed E-state index contributed by atoms with van der Waals surface area (Å²) in [6, 6.07) is 13.2. The first-order valence-corrected chi connectivity index (χ1v) is 5.53. The second kappa shape index (κ2) is 6.21. The van der Waals surface area contributed by atoms with Crippen LogP contribution in [0.3, 0.4) is 0 Å². The largest absolute Gasteiger partial charge is 0.492 e. The van der Waals surface area contributed by atoms with Gasteiger partial charge in [0.05, 0.1) is 18.3 Å². The minimum atomic E-state index is 0.477. The Bertz CT molecular complexity index is 536. The summed E-state index contributed by atoms with van der Waals surface area (Å²) in [7, 11) is 0. The highest BCUT2D eigenvalue weighted by atomic mass is 16.5. The number of anilines is 1. The Kier molecular flexibility index (Phi) is 4.09. The molecule has 1 aromatic carbocycles. The van der Waals surface area contributed by atoms with Gasteiger partial charge in [0.1, 0.15) is 18.4 Å². The Labute approximate surface area is 105 Å². The van der Waals surface area contributed by atoms with E-state index in [1.165, 1.54) is 6.20 Å². The molecule has 5 nitrogen and oxygen atoms in total. The summed E-state index contributed by atoms with van der Waals surface area (Å²) in [5.41, 5.74) is 0.477. The van der Waals surface area contributed by atoms with Crippen molar-refractivity contribution in [3.63, 3.8) is 0 Å². The lowest BCUT2D eigenvalue weighted by molar-refractivity contribution is 0.332. The Hall–Kier alpha value is -2.61. The molecule has 0 fully saturated rings. The van der Waals surface area contributed by atoms with E-state index in [0.717, 1.165) is 5.75 Å². The van der Waals surface area contributed by atoms with Gasteiger partial charge < -0.3 is 10.1 Å². The Morgan fingerprint density at radius 2 is 2.06 bits per heavy atom. The zero-order valence-electron chi connectivity index (χ0n) is 9.71. The first-order chi connectivity index (χ1) is 8.90. The molecular formula is C13H12N4O. The van der Waals surface area contributed by atoms with Gasteiger partial charge in [0.25, 0.3) is 0 Å². The van der Waals surface area contributed by atoms with E-state index >= 15 is 0 Å². The minimum absolute atomic E-state index is 0.477. The van der Waals surface area contributed by atoms with E-state index in [2.05, 4.69) is 15.5 Å². The molecule has 18 heavy (non-hydrogen) atoms. The highest BCUT2D eigenvalue weighted by Gasteiger charge is 2.01. The maximum atomic E-state index is 8.86. The van der Waals surface area contributed by atoms with Gasteiger partial charge in [-0.3, -0.25) is 0 Å². The molecule has 0 atom stereocenters. The molecule has 0 bridgehead atoms. The third kappa shape index (κ3) is 3.19. The van der Waals surface area contributed by atoms with Crippen LogP contribution in [0.5, 0.6) is 5.75 Å². The molecule has 2 aromatic rings. The summed E-state index contributed by atoms with van der Waals surface area (Å²) < 4.78 is 5.51. The maximum Gasteiger partial charge on any atom is 0.166 e. The van der Waals surface area contributed by atoms with Crippen LogP contribution in [0.2, 0.25) is 0 Å². The Balaban J connectivity index is 1.81. The summed E-state index contributed by atoms with van der Waals surface area (Å²) in [5.74, 6) is 1.30. The number of ether oxygens (including phenoxy) is 1. The number of aromatic nitrogens is 2. The average molecular weight is 240 g/mol. The van der Waals surface area contributed by atoms with Crippen LogP contribution in [-0.2, 0) is 0 Å². The fourth-order valence-corrected chi connectivity index (χ4v) is 1.41. The van der Waals surface area contributed by atoms with Gasteiger partial charge in [-0.25, -0.2) is 0 Å². The van der Waals surface area contributed by atoms with Crippen LogP contribution >= 0.6 is 0 Å². The third-order valence-electron chi connectivity index (χ3n) is 2.25. The predicted octanol–water partition coefficient (Wildman–Crippen LogP) is 1.84. The predicted molar refractivity (Wildman–Crippen MR) is 67.2 cm³/mol. The molecular weight excluding hydrogens is 228 g/mol. The fourth-order valence-electron chi connectivity index (χ4n) is 1.41. The number of nitrogens with one attached hydrogen (secondary N) is 1. The zero-order chi connectivity index (χ0) is 12.6. The van der Waals surface area contributed by atoms with E-state index in [0.29, 0.717) is 24.5 Å². The van der Waals surface area contributed by atoms with Gasteiger partial charge in [0.2, 0.25) is 0 Å².